The van der Waals surface area contributed by atoms with Crippen LogP contribution >= 0.6 is 0 Å². The SMILES string of the molecule is CO[SiH](OC)c1cccc(C(=O)O)c1C(=O)O. The van der Waals surface area contributed by atoms with E-state index in [0.717, 1.165) is 0 Å². The number of carboxylic acid groups (broad SMARTS) is 2. The number of rotatable bonds is 5. The highest BCUT2D eigenvalue weighted by molar-refractivity contribution is 6.63. The van der Waals surface area contributed by atoms with Gasteiger partial charge in [-0.05, 0) is 6.07 Å². The van der Waals surface area contributed by atoms with Crippen LogP contribution in [0, 0.1) is 0 Å². The van der Waals surface area contributed by atoms with Gasteiger partial charge in [0.05, 0.1) is 11.1 Å². The predicted molar refractivity (Wildman–Crippen MR) is 61.2 cm³/mol. The molecule has 1 aromatic rings. The molecular weight excluding hydrogens is 244 g/mol. The second kappa shape index (κ2) is 5.57. The number of hydrogen-bond acceptors (Lipinski definition) is 4. The van der Waals surface area contributed by atoms with Crippen molar-refractivity contribution in [3.63, 3.8) is 0 Å². The Bertz CT molecular complexity index is 440. The summed E-state index contributed by atoms with van der Waals surface area (Å²) < 4.78 is 10.1. The summed E-state index contributed by atoms with van der Waals surface area (Å²) in [6, 6.07) is 4.23. The van der Waals surface area contributed by atoms with Gasteiger partial charge in [-0.1, -0.05) is 12.1 Å². The van der Waals surface area contributed by atoms with Crippen LogP contribution in [-0.4, -0.2) is 45.7 Å². The van der Waals surface area contributed by atoms with Gasteiger partial charge in [0, 0.05) is 19.4 Å². The molecule has 17 heavy (non-hydrogen) atoms. The summed E-state index contributed by atoms with van der Waals surface area (Å²) in [5.41, 5.74) is -0.526. The first-order valence-corrected chi connectivity index (χ1v) is 6.20. The molecule has 1 rings (SSSR count). The lowest BCUT2D eigenvalue weighted by Crippen LogP contribution is -2.39. The molecule has 0 saturated carbocycles. The zero-order chi connectivity index (χ0) is 13.0. The van der Waals surface area contributed by atoms with Crippen LogP contribution in [-0.2, 0) is 8.85 Å². The molecule has 0 aliphatic rings. The van der Waals surface area contributed by atoms with Gasteiger partial charge in [0.1, 0.15) is 0 Å². The van der Waals surface area contributed by atoms with Gasteiger partial charge in [0.15, 0.2) is 0 Å². The van der Waals surface area contributed by atoms with Crippen molar-refractivity contribution in [3.05, 3.63) is 29.3 Å². The molecule has 2 N–H and O–H groups in total. The number of aromatic carboxylic acids is 2. The van der Waals surface area contributed by atoms with Crippen LogP contribution in [0.5, 0.6) is 0 Å². The van der Waals surface area contributed by atoms with Gasteiger partial charge in [-0.2, -0.15) is 0 Å². The van der Waals surface area contributed by atoms with E-state index in [1.165, 1.54) is 32.4 Å². The van der Waals surface area contributed by atoms with E-state index in [1.807, 2.05) is 0 Å². The van der Waals surface area contributed by atoms with Crippen molar-refractivity contribution in [2.24, 2.45) is 0 Å². The van der Waals surface area contributed by atoms with E-state index in [2.05, 4.69) is 0 Å². The van der Waals surface area contributed by atoms with Crippen LogP contribution in [0.3, 0.4) is 0 Å². The Kier molecular flexibility index (Phi) is 4.38. The molecule has 0 radical (unpaired) electrons. The van der Waals surface area contributed by atoms with Crippen molar-refractivity contribution in [2.75, 3.05) is 14.2 Å². The predicted octanol–water partition coefficient (Wildman–Crippen LogP) is -0.197. The average molecular weight is 256 g/mol. The summed E-state index contributed by atoms with van der Waals surface area (Å²) >= 11 is 0. The molecule has 0 unspecified atom stereocenters. The standard InChI is InChI=1S/C10H12O6Si/c1-15-17(16-2)7-5-3-4-6(9(11)12)8(7)10(13)14/h3-5,17H,1-2H3,(H,11,12)(H,13,14). The fourth-order valence-corrected chi connectivity index (χ4v) is 3.02. The summed E-state index contributed by atoms with van der Waals surface area (Å²) in [4.78, 5) is 22.1. The molecule has 0 amide bonds. The van der Waals surface area contributed by atoms with Crippen molar-refractivity contribution >= 4 is 26.4 Å². The highest BCUT2D eigenvalue weighted by Crippen LogP contribution is 2.08. The first-order valence-electron chi connectivity index (χ1n) is 4.68. The lowest BCUT2D eigenvalue weighted by molar-refractivity contribution is 0.0652. The molecule has 6 nitrogen and oxygen atoms in total. The second-order valence-corrected chi connectivity index (χ2v) is 5.41. The Morgan fingerprint density at radius 3 is 2.12 bits per heavy atom. The highest BCUT2D eigenvalue weighted by Gasteiger charge is 2.26. The summed E-state index contributed by atoms with van der Waals surface area (Å²) in [6.07, 6.45) is 0. The van der Waals surface area contributed by atoms with Crippen LogP contribution < -0.4 is 5.19 Å². The summed E-state index contributed by atoms with van der Waals surface area (Å²) in [5, 5.41) is 18.3. The monoisotopic (exact) mass is 256 g/mol. The maximum Gasteiger partial charge on any atom is 0.356 e. The fourth-order valence-electron chi connectivity index (χ4n) is 1.53. The maximum atomic E-state index is 11.1. The molecule has 0 aliphatic heterocycles. The Hall–Kier alpha value is -1.70. The third-order valence-corrected chi connectivity index (χ3v) is 4.07. The van der Waals surface area contributed by atoms with Crippen LogP contribution in [0.4, 0.5) is 0 Å². The van der Waals surface area contributed by atoms with Crippen molar-refractivity contribution < 1.29 is 28.7 Å². The van der Waals surface area contributed by atoms with E-state index >= 15 is 0 Å². The fraction of sp³-hybridized carbons (Fsp3) is 0.200. The molecule has 0 heterocycles. The smallest absolute Gasteiger partial charge is 0.356 e. The van der Waals surface area contributed by atoms with Crippen molar-refractivity contribution in [2.45, 2.75) is 0 Å². The number of carboxylic acids is 2. The first kappa shape index (κ1) is 13.4. The van der Waals surface area contributed by atoms with E-state index in [1.54, 1.807) is 0 Å². The molecule has 0 bridgehead atoms. The van der Waals surface area contributed by atoms with Gasteiger partial charge in [-0.3, -0.25) is 0 Å². The van der Waals surface area contributed by atoms with Crippen LogP contribution in [0.15, 0.2) is 18.2 Å². The number of hydrogen-bond donors (Lipinski definition) is 2. The molecule has 92 valence electrons. The van der Waals surface area contributed by atoms with E-state index in [0.29, 0.717) is 5.19 Å². The van der Waals surface area contributed by atoms with Gasteiger partial charge in [0.25, 0.3) is 0 Å². The van der Waals surface area contributed by atoms with Gasteiger partial charge in [-0.25, -0.2) is 9.59 Å². The summed E-state index contributed by atoms with van der Waals surface area (Å²) in [7, 11) is 0.445. The molecule has 0 aliphatic carbocycles. The Morgan fingerprint density at radius 2 is 1.71 bits per heavy atom. The molecule has 0 fully saturated rings. The van der Waals surface area contributed by atoms with E-state index in [4.69, 9.17) is 19.1 Å². The molecule has 0 saturated heterocycles. The molecule has 0 aromatic heterocycles. The topological polar surface area (TPSA) is 93.1 Å². The Balaban J connectivity index is 3.44. The minimum absolute atomic E-state index is 0.262. The quantitative estimate of drug-likeness (QED) is 0.709. The second-order valence-electron chi connectivity index (χ2n) is 3.18. The normalized spacial score (nSPS) is 10.5. The molecule has 7 heteroatoms. The van der Waals surface area contributed by atoms with Crippen LogP contribution in [0.1, 0.15) is 20.7 Å². The number of benzene rings is 1. The molecular formula is C10H12O6Si. The summed E-state index contributed by atoms with van der Waals surface area (Å²) in [5.74, 6) is -2.59. The molecule has 0 spiro atoms. The van der Waals surface area contributed by atoms with Gasteiger partial charge in [0.2, 0.25) is 0 Å². The largest absolute Gasteiger partial charge is 0.478 e. The van der Waals surface area contributed by atoms with E-state index in [-0.39, 0.29) is 11.1 Å². The van der Waals surface area contributed by atoms with Gasteiger partial charge < -0.3 is 19.1 Å². The number of carbonyl (C=O) groups is 2. The third kappa shape index (κ3) is 2.70. The Morgan fingerprint density at radius 1 is 1.12 bits per heavy atom. The zero-order valence-electron chi connectivity index (χ0n) is 9.34. The third-order valence-electron chi connectivity index (χ3n) is 2.22. The first-order chi connectivity index (χ1) is 8.02. The summed E-state index contributed by atoms with van der Waals surface area (Å²) in [6.45, 7) is 0. The molecule has 1 aromatic carbocycles. The highest BCUT2D eigenvalue weighted by atomic mass is 28.3. The van der Waals surface area contributed by atoms with Crippen molar-refractivity contribution in [1.82, 2.24) is 0 Å². The lowest BCUT2D eigenvalue weighted by Gasteiger charge is -2.14. The zero-order valence-corrected chi connectivity index (χ0v) is 10.5. The van der Waals surface area contributed by atoms with Gasteiger partial charge in [-0.15, -0.1) is 0 Å². The van der Waals surface area contributed by atoms with Crippen LogP contribution in [0.25, 0.3) is 0 Å². The lowest BCUT2D eigenvalue weighted by atomic mass is 10.1. The Labute approximate surface area is 99.3 Å². The van der Waals surface area contributed by atoms with Gasteiger partial charge >= 0.3 is 21.2 Å². The van der Waals surface area contributed by atoms with E-state index < -0.39 is 21.2 Å². The maximum absolute atomic E-state index is 11.1. The minimum atomic E-state index is -2.36. The minimum Gasteiger partial charge on any atom is -0.478 e. The molecule has 0 atom stereocenters. The van der Waals surface area contributed by atoms with Crippen molar-refractivity contribution in [1.29, 1.82) is 0 Å². The average Bonchev–Trinajstić information content (AvgIpc) is 2.30. The van der Waals surface area contributed by atoms with Crippen molar-refractivity contribution in [3.8, 4) is 0 Å². The van der Waals surface area contributed by atoms with Crippen LogP contribution in [0.2, 0.25) is 0 Å². The van der Waals surface area contributed by atoms with E-state index in [9.17, 15) is 9.59 Å².